The molecule has 4 heteroatoms. The number of methoxy groups -OCH3 is 1. The zero-order valence-electron chi connectivity index (χ0n) is 7.09. The third kappa shape index (κ3) is 3.55. The van der Waals surface area contributed by atoms with E-state index >= 15 is 0 Å². The lowest BCUT2D eigenvalue weighted by Gasteiger charge is -2.03. The smallest absolute Gasteiger partial charge is 0.354 e. The lowest BCUT2D eigenvalue weighted by molar-refractivity contribution is -0.137. The van der Waals surface area contributed by atoms with Crippen LogP contribution < -0.4 is 5.32 Å². The summed E-state index contributed by atoms with van der Waals surface area (Å²) in [4.78, 5) is 21.4. The molecule has 1 amide bonds. The summed E-state index contributed by atoms with van der Waals surface area (Å²) in [6.07, 6.45) is 2.76. The molecule has 0 fully saturated rings. The molecule has 0 bridgehead atoms. The zero-order chi connectivity index (χ0) is 9.56. The predicted octanol–water partition coefficient (Wildman–Crippen LogP) is 0.365. The van der Waals surface area contributed by atoms with Crippen LogP contribution in [0.25, 0.3) is 0 Å². The van der Waals surface area contributed by atoms with E-state index in [1.807, 2.05) is 0 Å². The third-order valence-electron chi connectivity index (χ3n) is 1.00. The quantitative estimate of drug-likeness (QED) is 0.377. The van der Waals surface area contributed by atoms with Gasteiger partial charge in [-0.2, -0.15) is 0 Å². The lowest BCUT2D eigenvalue weighted by Crippen LogP contribution is -2.25. The number of nitrogens with one attached hydrogen (secondary N) is 1. The van der Waals surface area contributed by atoms with Crippen LogP contribution in [-0.2, 0) is 14.3 Å². The van der Waals surface area contributed by atoms with Crippen molar-refractivity contribution in [1.82, 2.24) is 5.32 Å². The van der Waals surface area contributed by atoms with Crippen LogP contribution in [0.15, 0.2) is 24.4 Å². The Balaban J connectivity index is 4.44. The number of carbonyl (C=O) groups is 2. The predicted molar refractivity (Wildman–Crippen MR) is 44.1 cm³/mol. The number of esters is 1. The van der Waals surface area contributed by atoms with Gasteiger partial charge in [-0.1, -0.05) is 12.7 Å². The van der Waals surface area contributed by atoms with Gasteiger partial charge < -0.3 is 10.1 Å². The van der Waals surface area contributed by atoms with Crippen molar-refractivity contribution in [1.29, 1.82) is 0 Å². The maximum atomic E-state index is 10.9. The highest BCUT2D eigenvalue weighted by Crippen LogP contribution is 1.92. The maximum absolute atomic E-state index is 10.9. The monoisotopic (exact) mass is 169 g/mol. The third-order valence-corrected chi connectivity index (χ3v) is 1.00. The zero-order valence-corrected chi connectivity index (χ0v) is 7.09. The van der Waals surface area contributed by atoms with Crippen molar-refractivity contribution >= 4 is 11.9 Å². The summed E-state index contributed by atoms with van der Waals surface area (Å²) in [5, 5.41) is 2.31. The Morgan fingerprint density at radius 2 is 2.08 bits per heavy atom. The molecule has 0 aromatic heterocycles. The minimum atomic E-state index is -0.592. The summed E-state index contributed by atoms with van der Waals surface area (Å²) in [6, 6.07) is 0. The van der Waals surface area contributed by atoms with Gasteiger partial charge in [0.05, 0.1) is 7.11 Å². The summed E-state index contributed by atoms with van der Waals surface area (Å²) < 4.78 is 4.40. The molecule has 0 aromatic rings. The highest BCUT2D eigenvalue weighted by atomic mass is 16.5. The number of hydrogen-bond donors (Lipinski definition) is 1. The van der Waals surface area contributed by atoms with Crippen molar-refractivity contribution in [3.8, 4) is 0 Å². The topological polar surface area (TPSA) is 55.4 Å². The van der Waals surface area contributed by atoms with E-state index in [0.29, 0.717) is 0 Å². The van der Waals surface area contributed by atoms with Crippen LogP contribution in [-0.4, -0.2) is 19.0 Å². The second-order valence-electron chi connectivity index (χ2n) is 1.99. The van der Waals surface area contributed by atoms with E-state index in [-0.39, 0.29) is 11.6 Å². The summed E-state index contributed by atoms with van der Waals surface area (Å²) in [5.41, 5.74) is 0.0833. The van der Waals surface area contributed by atoms with Crippen LogP contribution in [0.5, 0.6) is 0 Å². The first kappa shape index (κ1) is 10.4. The molecular weight excluding hydrogens is 158 g/mol. The fourth-order valence-electron chi connectivity index (χ4n) is 0.578. The minimum Gasteiger partial charge on any atom is -0.464 e. The van der Waals surface area contributed by atoms with E-state index in [4.69, 9.17) is 0 Å². The average Bonchev–Trinajstić information content (AvgIpc) is 2.01. The Kier molecular flexibility index (Phi) is 4.45. The fourth-order valence-corrected chi connectivity index (χ4v) is 0.578. The Morgan fingerprint density at radius 1 is 1.50 bits per heavy atom. The van der Waals surface area contributed by atoms with Gasteiger partial charge in [0.2, 0.25) is 5.91 Å². The molecule has 12 heavy (non-hydrogen) atoms. The number of carbonyl (C=O) groups excluding carboxylic acids is 2. The van der Waals surface area contributed by atoms with Crippen molar-refractivity contribution in [2.75, 3.05) is 7.11 Å². The minimum absolute atomic E-state index is 0.0833. The molecule has 0 unspecified atom stereocenters. The van der Waals surface area contributed by atoms with Gasteiger partial charge >= 0.3 is 5.97 Å². The van der Waals surface area contributed by atoms with Crippen LogP contribution in [0.3, 0.4) is 0 Å². The molecule has 0 saturated heterocycles. The largest absolute Gasteiger partial charge is 0.464 e. The van der Waals surface area contributed by atoms with Gasteiger partial charge in [0, 0.05) is 6.92 Å². The van der Waals surface area contributed by atoms with Crippen molar-refractivity contribution in [2.45, 2.75) is 6.92 Å². The molecule has 0 atom stereocenters. The van der Waals surface area contributed by atoms with E-state index in [9.17, 15) is 9.59 Å². The number of hydrogen-bond acceptors (Lipinski definition) is 3. The van der Waals surface area contributed by atoms with Crippen LogP contribution in [0.2, 0.25) is 0 Å². The average molecular weight is 169 g/mol. The molecule has 0 aliphatic carbocycles. The van der Waals surface area contributed by atoms with Gasteiger partial charge in [-0.3, -0.25) is 4.79 Å². The molecule has 66 valence electrons. The second-order valence-corrected chi connectivity index (χ2v) is 1.99. The van der Waals surface area contributed by atoms with Gasteiger partial charge in [-0.15, -0.1) is 0 Å². The number of amides is 1. The van der Waals surface area contributed by atoms with Gasteiger partial charge in [0.15, 0.2) is 0 Å². The van der Waals surface area contributed by atoms with Crippen molar-refractivity contribution in [3.05, 3.63) is 24.4 Å². The van der Waals surface area contributed by atoms with Crippen LogP contribution in [0.1, 0.15) is 6.92 Å². The molecule has 4 nitrogen and oxygen atoms in total. The summed E-state index contributed by atoms with van der Waals surface area (Å²) in [6.45, 7) is 4.69. The first-order valence-corrected chi connectivity index (χ1v) is 3.30. The van der Waals surface area contributed by atoms with E-state index in [0.717, 1.165) is 0 Å². The van der Waals surface area contributed by atoms with Crippen LogP contribution in [0.4, 0.5) is 0 Å². The van der Waals surface area contributed by atoms with E-state index in [1.54, 1.807) is 0 Å². The fraction of sp³-hybridized carbons (Fsp3) is 0.250. The normalized spacial score (nSPS) is 10.3. The molecule has 0 aliphatic rings. The Labute approximate surface area is 70.9 Å². The van der Waals surface area contributed by atoms with Gasteiger partial charge in [0.1, 0.15) is 5.70 Å². The number of allylic oxidation sites excluding steroid dienone is 2. The maximum Gasteiger partial charge on any atom is 0.354 e. The van der Waals surface area contributed by atoms with E-state index < -0.39 is 5.97 Å². The Hall–Kier alpha value is -1.58. The summed E-state index contributed by atoms with van der Waals surface area (Å²) in [5.74, 6) is -0.918. The molecule has 0 saturated carbocycles. The van der Waals surface area contributed by atoms with E-state index in [2.05, 4.69) is 16.6 Å². The summed E-state index contributed by atoms with van der Waals surface area (Å²) in [7, 11) is 1.24. The standard InChI is InChI=1S/C8H11NO3/c1-4-5-7(8(11)12-3)9-6(2)10/h4-5H,1H2,2-3H3,(H,9,10). The SMILES string of the molecule is C=CC=C(NC(C)=O)C(=O)OC. The number of ether oxygens (including phenoxy) is 1. The molecule has 1 N–H and O–H groups in total. The van der Waals surface area contributed by atoms with Crippen molar-refractivity contribution < 1.29 is 14.3 Å². The van der Waals surface area contributed by atoms with Gasteiger partial charge in [-0.25, -0.2) is 4.79 Å². The molecule has 0 heterocycles. The van der Waals surface area contributed by atoms with Crippen LogP contribution >= 0.6 is 0 Å². The molecule has 0 rings (SSSR count). The summed E-state index contributed by atoms with van der Waals surface area (Å²) >= 11 is 0. The molecule has 0 radical (unpaired) electrons. The van der Waals surface area contributed by atoms with Gasteiger partial charge in [0.25, 0.3) is 0 Å². The number of rotatable bonds is 3. The highest BCUT2D eigenvalue weighted by Gasteiger charge is 2.08. The second kappa shape index (κ2) is 5.12. The Bertz CT molecular complexity index is 230. The van der Waals surface area contributed by atoms with Gasteiger partial charge in [-0.05, 0) is 6.08 Å². The van der Waals surface area contributed by atoms with Crippen molar-refractivity contribution in [3.63, 3.8) is 0 Å². The molecule has 0 spiro atoms. The Morgan fingerprint density at radius 3 is 2.42 bits per heavy atom. The van der Waals surface area contributed by atoms with Crippen LogP contribution in [0, 0.1) is 0 Å². The molecule has 0 aromatic carbocycles. The first-order chi connectivity index (χ1) is 5.61. The first-order valence-electron chi connectivity index (χ1n) is 3.30. The molecule has 0 aliphatic heterocycles. The van der Waals surface area contributed by atoms with Crippen molar-refractivity contribution in [2.24, 2.45) is 0 Å². The highest BCUT2D eigenvalue weighted by molar-refractivity contribution is 5.93. The molecular formula is C8H11NO3. The van der Waals surface area contributed by atoms with E-state index in [1.165, 1.54) is 26.2 Å². The lowest BCUT2D eigenvalue weighted by atomic mass is 10.4.